The second kappa shape index (κ2) is 2.57. The smallest absolute Gasteiger partial charge is 0.211 e. The fourth-order valence-electron chi connectivity index (χ4n) is 0.977. The maximum atomic E-state index is 5.80. The number of aryl methyl sites for hydroxylation is 1. The van der Waals surface area contributed by atoms with Crippen LogP contribution >= 0.6 is 23.2 Å². The number of hydrogen-bond donors (Lipinski definition) is 0. The molecule has 0 saturated carbocycles. The molecule has 0 atom stereocenters. The van der Waals surface area contributed by atoms with Crippen molar-refractivity contribution in [1.82, 2.24) is 19.6 Å². The van der Waals surface area contributed by atoms with E-state index in [9.17, 15) is 0 Å². The van der Waals surface area contributed by atoms with Crippen LogP contribution in [0.25, 0.3) is 5.65 Å². The van der Waals surface area contributed by atoms with E-state index in [0.29, 0.717) is 16.6 Å². The standard InChI is InChI=1S/C6H4Cl2N4/c1-3-10-11-5-2-4(7)9-6(8)12(3)5/h2H,1H3. The van der Waals surface area contributed by atoms with Crippen LogP contribution in [-0.2, 0) is 0 Å². The highest BCUT2D eigenvalue weighted by Crippen LogP contribution is 2.15. The van der Waals surface area contributed by atoms with Crippen molar-refractivity contribution in [2.45, 2.75) is 6.92 Å². The maximum Gasteiger partial charge on any atom is 0.211 e. The van der Waals surface area contributed by atoms with Gasteiger partial charge in [0.25, 0.3) is 0 Å². The van der Waals surface area contributed by atoms with Gasteiger partial charge >= 0.3 is 0 Å². The minimum atomic E-state index is 0.278. The molecule has 0 aromatic carbocycles. The molecule has 62 valence electrons. The normalized spacial score (nSPS) is 10.9. The molecular formula is C6H4Cl2N4. The van der Waals surface area contributed by atoms with Gasteiger partial charge in [-0.05, 0) is 18.5 Å². The SMILES string of the molecule is Cc1nnc2cc(Cl)nc(Cl)n12. The van der Waals surface area contributed by atoms with Crippen molar-refractivity contribution in [2.24, 2.45) is 0 Å². The molecular weight excluding hydrogens is 199 g/mol. The Morgan fingerprint density at radius 3 is 2.83 bits per heavy atom. The van der Waals surface area contributed by atoms with Crippen molar-refractivity contribution in [3.05, 3.63) is 22.3 Å². The first-order chi connectivity index (χ1) is 5.68. The van der Waals surface area contributed by atoms with Gasteiger partial charge in [0.2, 0.25) is 5.28 Å². The monoisotopic (exact) mass is 202 g/mol. The second-order valence-electron chi connectivity index (χ2n) is 2.29. The predicted molar refractivity (Wildman–Crippen MR) is 45.5 cm³/mol. The van der Waals surface area contributed by atoms with Crippen molar-refractivity contribution in [3.8, 4) is 0 Å². The van der Waals surface area contributed by atoms with Crippen LogP contribution in [0.2, 0.25) is 10.4 Å². The van der Waals surface area contributed by atoms with Crippen molar-refractivity contribution in [1.29, 1.82) is 0 Å². The molecule has 0 radical (unpaired) electrons. The lowest BCUT2D eigenvalue weighted by atomic mass is 10.6. The average molecular weight is 203 g/mol. The Morgan fingerprint density at radius 2 is 2.08 bits per heavy atom. The van der Waals surface area contributed by atoms with Gasteiger partial charge in [0, 0.05) is 6.07 Å². The summed E-state index contributed by atoms with van der Waals surface area (Å²) in [6.07, 6.45) is 0. The summed E-state index contributed by atoms with van der Waals surface area (Å²) >= 11 is 11.5. The summed E-state index contributed by atoms with van der Waals surface area (Å²) in [5.74, 6) is 0.694. The molecule has 0 aliphatic carbocycles. The van der Waals surface area contributed by atoms with Gasteiger partial charge < -0.3 is 0 Å². The number of fused-ring (bicyclic) bond motifs is 1. The molecule has 2 aromatic rings. The summed E-state index contributed by atoms with van der Waals surface area (Å²) in [4.78, 5) is 3.85. The van der Waals surface area contributed by atoms with Crippen LogP contribution in [0.3, 0.4) is 0 Å². The van der Waals surface area contributed by atoms with E-state index in [1.807, 2.05) is 0 Å². The van der Waals surface area contributed by atoms with Crippen molar-refractivity contribution >= 4 is 28.8 Å². The molecule has 0 aliphatic heterocycles. The molecule has 0 amide bonds. The van der Waals surface area contributed by atoms with Gasteiger partial charge in [-0.2, -0.15) is 0 Å². The first-order valence-electron chi connectivity index (χ1n) is 3.22. The topological polar surface area (TPSA) is 43.1 Å². The van der Waals surface area contributed by atoms with Crippen molar-refractivity contribution in [2.75, 3.05) is 0 Å². The van der Waals surface area contributed by atoms with Crippen LogP contribution in [-0.4, -0.2) is 19.6 Å². The Balaban J connectivity index is 2.93. The molecule has 12 heavy (non-hydrogen) atoms. The van der Waals surface area contributed by atoms with E-state index in [1.165, 1.54) is 0 Å². The number of rotatable bonds is 0. The number of halogens is 2. The van der Waals surface area contributed by atoms with E-state index in [-0.39, 0.29) is 5.28 Å². The molecule has 0 N–H and O–H groups in total. The Hall–Kier alpha value is -0.870. The van der Waals surface area contributed by atoms with Gasteiger partial charge in [-0.3, -0.25) is 4.40 Å². The van der Waals surface area contributed by atoms with E-state index < -0.39 is 0 Å². The Kier molecular flexibility index (Phi) is 1.66. The third kappa shape index (κ3) is 1.04. The van der Waals surface area contributed by atoms with E-state index in [0.717, 1.165) is 0 Å². The summed E-state index contributed by atoms with van der Waals surface area (Å²) in [6, 6.07) is 1.60. The average Bonchev–Trinajstić information content (AvgIpc) is 2.31. The van der Waals surface area contributed by atoms with E-state index in [1.54, 1.807) is 17.4 Å². The molecule has 0 unspecified atom stereocenters. The van der Waals surface area contributed by atoms with Gasteiger partial charge in [-0.1, -0.05) is 11.6 Å². The highest BCUT2D eigenvalue weighted by molar-refractivity contribution is 6.32. The quantitative estimate of drug-likeness (QED) is 0.483. The van der Waals surface area contributed by atoms with Gasteiger partial charge in [0.1, 0.15) is 11.0 Å². The van der Waals surface area contributed by atoms with Crippen LogP contribution < -0.4 is 0 Å². The first kappa shape index (κ1) is 7.76. The molecule has 0 saturated heterocycles. The number of hydrogen-bond acceptors (Lipinski definition) is 3. The largest absolute Gasteiger partial charge is 0.253 e. The highest BCUT2D eigenvalue weighted by atomic mass is 35.5. The van der Waals surface area contributed by atoms with E-state index in [2.05, 4.69) is 15.2 Å². The Morgan fingerprint density at radius 1 is 1.33 bits per heavy atom. The second-order valence-corrected chi connectivity index (χ2v) is 3.01. The van der Waals surface area contributed by atoms with Crippen LogP contribution in [0.15, 0.2) is 6.07 Å². The summed E-state index contributed by atoms with van der Waals surface area (Å²) in [7, 11) is 0. The zero-order valence-corrected chi connectivity index (χ0v) is 7.63. The summed E-state index contributed by atoms with van der Waals surface area (Å²) in [5, 5.41) is 8.27. The Bertz CT molecular complexity index is 436. The molecule has 0 fully saturated rings. The fraction of sp³-hybridized carbons (Fsp3) is 0.167. The third-order valence-corrected chi connectivity index (χ3v) is 1.93. The zero-order valence-electron chi connectivity index (χ0n) is 6.12. The van der Waals surface area contributed by atoms with Crippen LogP contribution in [0.1, 0.15) is 5.82 Å². The molecule has 0 bridgehead atoms. The summed E-state index contributed by atoms with van der Waals surface area (Å²) < 4.78 is 1.62. The van der Waals surface area contributed by atoms with Gasteiger partial charge in [-0.25, -0.2) is 4.98 Å². The van der Waals surface area contributed by atoms with Gasteiger partial charge in [0.15, 0.2) is 5.65 Å². The molecule has 2 rings (SSSR count). The molecule has 2 aromatic heterocycles. The fourth-order valence-corrected chi connectivity index (χ4v) is 1.50. The molecule has 2 heterocycles. The lowest BCUT2D eigenvalue weighted by Crippen LogP contribution is -1.93. The maximum absolute atomic E-state index is 5.80. The minimum absolute atomic E-state index is 0.278. The lowest BCUT2D eigenvalue weighted by molar-refractivity contribution is 0.984. The number of nitrogens with zero attached hydrogens (tertiary/aromatic N) is 4. The molecule has 0 spiro atoms. The van der Waals surface area contributed by atoms with Gasteiger partial charge in [-0.15, -0.1) is 10.2 Å². The lowest BCUT2D eigenvalue weighted by Gasteiger charge is -1.96. The number of aromatic nitrogens is 4. The summed E-state index contributed by atoms with van der Waals surface area (Å²) in [5.41, 5.74) is 0.609. The van der Waals surface area contributed by atoms with Crippen LogP contribution in [0.4, 0.5) is 0 Å². The highest BCUT2D eigenvalue weighted by Gasteiger charge is 2.06. The molecule has 4 nitrogen and oxygen atoms in total. The minimum Gasteiger partial charge on any atom is -0.253 e. The zero-order chi connectivity index (χ0) is 8.72. The molecule has 0 aliphatic rings. The van der Waals surface area contributed by atoms with Crippen molar-refractivity contribution in [3.63, 3.8) is 0 Å². The first-order valence-corrected chi connectivity index (χ1v) is 3.98. The Labute approximate surface area is 78.1 Å². The summed E-state index contributed by atoms with van der Waals surface area (Å²) in [6.45, 7) is 1.79. The third-order valence-electron chi connectivity index (χ3n) is 1.48. The predicted octanol–water partition coefficient (Wildman–Crippen LogP) is 1.74. The van der Waals surface area contributed by atoms with Crippen LogP contribution in [0, 0.1) is 6.92 Å². The van der Waals surface area contributed by atoms with Gasteiger partial charge in [0.05, 0.1) is 0 Å². The van der Waals surface area contributed by atoms with Crippen LogP contribution in [0.5, 0.6) is 0 Å². The van der Waals surface area contributed by atoms with E-state index in [4.69, 9.17) is 23.2 Å². The molecule has 6 heteroatoms. The van der Waals surface area contributed by atoms with E-state index >= 15 is 0 Å². The van der Waals surface area contributed by atoms with Crippen molar-refractivity contribution < 1.29 is 0 Å².